The fourth-order valence-electron chi connectivity index (χ4n) is 2.38. The number of hydrogen-bond donors (Lipinski definition) is 2. The van der Waals surface area contributed by atoms with Gasteiger partial charge in [0, 0.05) is 6.42 Å². The summed E-state index contributed by atoms with van der Waals surface area (Å²) in [4.78, 5) is 19.5. The summed E-state index contributed by atoms with van der Waals surface area (Å²) in [6.45, 7) is 1.94. The van der Waals surface area contributed by atoms with Crippen LogP contribution in [-0.4, -0.2) is 15.9 Å². The molecule has 3 rings (SSSR count). The van der Waals surface area contributed by atoms with Crippen LogP contribution in [0.1, 0.15) is 24.8 Å². The molecule has 0 spiro atoms. The van der Waals surface area contributed by atoms with E-state index >= 15 is 0 Å². The van der Waals surface area contributed by atoms with Crippen molar-refractivity contribution in [1.82, 2.24) is 9.97 Å². The first-order valence-electron chi connectivity index (χ1n) is 7.12. The van der Waals surface area contributed by atoms with E-state index in [2.05, 4.69) is 15.3 Å². The monoisotopic (exact) mass is 297 g/mol. The smallest absolute Gasteiger partial charge is 0.227 e. The third-order valence-corrected chi connectivity index (χ3v) is 3.58. The minimum Gasteiger partial charge on any atom is -0.324 e. The van der Waals surface area contributed by atoms with Crippen LogP contribution in [0.25, 0.3) is 11.0 Å². The molecule has 0 aliphatic rings. The second-order valence-electron chi connectivity index (χ2n) is 5.31. The van der Waals surface area contributed by atoms with Crippen LogP contribution in [0.4, 0.5) is 10.3 Å². The first-order valence-corrected chi connectivity index (χ1v) is 7.12. The number of para-hydroxylation sites is 2. The Morgan fingerprint density at radius 3 is 2.68 bits per heavy atom. The van der Waals surface area contributed by atoms with Gasteiger partial charge in [0.15, 0.2) is 0 Å². The van der Waals surface area contributed by atoms with Crippen molar-refractivity contribution in [1.29, 1.82) is 0 Å². The lowest BCUT2D eigenvalue weighted by molar-refractivity contribution is -0.116. The van der Waals surface area contributed by atoms with Crippen molar-refractivity contribution in [2.45, 2.75) is 19.3 Å². The van der Waals surface area contributed by atoms with Crippen LogP contribution in [0.5, 0.6) is 0 Å². The number of fused-ring (bicyclic) bond motifs is 1. The van der Waals surface area contributed by atoms with Gasteiger partial charge in [-0.2, -0.15) is 0 Å². The number of imidazole rings is 1. The number of aromatic amines is 1. The lowest BCUT2D eigenvalue weighted by atomic mass is 9.97. The van der Waals surface area contributed by atoms with E-state index in [1.54, 1.807) is 12.1 Å². The molecule has 0 radical (unpaired) electrons. The zero-order valence-corrected chi connectivity index (χ0v) is 12.1. The molecule has 2 aromatic carbocycles. The Hall–Kier alpha value is -2.69. The molecule has 1 amide bonds. The van der Waals surface area contributed by atoms with Gasteiger partial charge in [-0.1, -0.05) is 31.2 Å². The summed E-state index contributed by atoms with van der Waals surface area (Å²) in [6.07, 6.45) is 0.308. The number of rotatable bonds is 4. The number of halogens is 1. The lowest BCUT2D eigenvalue weighted by Crippen LogP contribution is -2.15. The molecule has 5 heteroatoms. The molecule has 4 nitrogen and oxygen atoms in total. The van der Waals surface area contributed by atoms with Crippen molar-refractivity contribution in [3.05, 3.63) is 59.9 Å². The molecule has 0 saturated carbocycles. The van der Waals surface area contributed by atoms with E-state index in [0.29, 0.717) is 12.4 Å². The average Bonchev–Trinajstić information content (AvgIpc) is 2.89. The zero-order valence-electron chi connectivity index (χ0n) is 12.1. The Morgan fingerprint density at radius 2 is 1.95 bits per heavy atom. The Labute approximate surface area is 127 Å². The number of carbonyl (C=O) groups is 1. The number of nitrogens with zero attached hydrogens (tertiary/aromatic N) is 1. The number of nitrogens with one attached hydrogen (secondary N) is 2. The van der Waals surface area contributed by atoms with E-state index in [1.807, 2.05) is 31.2 Å². The standard InChI is InChI=1S/C17H16FN3O/c1-11(12-6-8-13(18)9-7-12)10-16(22)21-17-19-14-4-2-3-5-15(14)20-17/h2-9,11H,10H2,1H3,(H2,19,20,21,22). The van der Waals surface area contributed by atoms with Crippen molar-refractivity contribution in [2.24, 2.45) is 0 Å². The lowest BCUT2D eigenvalue weighted by Gasteiger charge is -2.11. The van der Waals surface area contributed by atoms with E-state index in [1.165, 1.54) is 12.1 Å². The maximum Gasteiger partial charge on any atom is 0.227 e. The summed E-state index contributed by atoms with van der Waals surface area (Å²) in [6, 6.07) is 13.8. The number of anilines is 1. The summed E-state index contributed by atoms with van der Waals surface area (Å²) in [7, 11) is 0. The van der Waals surface area contributed by atoms with Crippen molar-refractivity contribution in [2.75, 3.05) is 5.32 Å². The molecule has 112 valence electrons. The van der Waals surface area contributed by atoms with Gasteiger partial charge in [-0.25, -0.2) is 9.37 Å². The number of benzene rings is 2. The van der Waals surface area contributed by atoms with Gasteiger partial charge in [0.1, 0.15) is 5.82 Å². The highest BCUT2D eigenvalue weighted by atomic mass is 19.1. The van der Waals surface area contributed by atoms with E-state index in [0.717, 1.165) is 16.6 Å². The van der Waals surface area contributed by atoms with Crippen LogP contribution in [-0.2, 0) is 4.79 Å². The predicted octanol–water partition coefficient (Wildman–Crippen LogP) is 3.83. The van der Waals surface area contributed by atoms with Crippen molar-refractivity contribution < 1.29 is 9.18 Å². The predicted molar refractivity (Wildman–Crippen MR) is 84.2 cm³/mol. The molecular weight excluding hydrogens is 281 g/mol. The molecule has 0 aliphatic carbocycles. The topological polar surface area (TPSA) is 57.8 Å². The second kappa shape index (κ2) is 5.97. The first kappa shape index (κ1) is 14.3. The van der Waals surface area contributed by atoms with E-state index < -0.39 is 0 Å². The molecule has 1 heterocycles. The summed E-state index contributed by atoms with van der Waals surface area (Å²) in [5.41, 5.74) is 2.62. The Morgan fingerprint density at radius 1 is 1.23 bits per heavy atom. The number of aromatic nitrogens is 2. The normalized spacial score (nSPS) is 12.3. The van der Waals surface area contributed by atoms with Crippen molar-refractivity contribution in [3.63, 3.8) is 0 Å². The first-order chi connectivity index (χ1) is 10.6. The van der Waals surface area contributed by atoms with Gasteiger partial charge in [0.05, 0.1) is 11.0 Å². The van der Waals surface area contributed by atoms with E-state index in [9.17, 15) is 9.18 Å². The second-order valence-corrected chi connectivity index (χ2v) is 5.31. The Balaban J connectivity index is 1.65. The van der Waals surface area contributed by atoms with Crippen LogP contribution in [0, 0.1) is 5.82 Å². The highest BCUT2D eigenvalue weighted by molar-refractivity contribution is 5.91. The molecule has 0 fully saturated rings. The van der Waals surface area contributed by atoms with Crippen LogP contribution < -0.4 is 5.32 Å². The molecule has 0 bridgehead atoms. The fourth-order valence-corrected chi connectivity index (χ4v) is 2.38. The van der Waals surface area contributed by atoms with E-state index in [-0.39, 0.29) is 17.6 Å². The molecular formula is C17H16FN3O. The quantitative estimate of drug-likeness (QED) is 0.769. The number of hydrogen-bond acceptors (Lipinski definition) is 2. The minimum absolute atomic E-state index is 0.00461. The van der Waals surface area contributed by atoms with Gasteiger partial charge < -0.3 is 4.98 Å². The van der Waals surface area contributed by atoms with Gasteiger partial charge >= 0.3 is 0 Å². The number of H-pyrrole nitrogens is 1. The highest BCUT2D eigenvalue weighted by Crippen LogP contribution is 2.20. The third kappa shape index (κ3) is 3.14. The van der Waals surface area contributed by atoms with Crippen molar-refractivity contribution in [3.8, 4) is 0 Å². The molecule has 0 aliphatic heterocycles. The molecule has 3 aromatic rings. The molecule has 1 aromatic heterocycles. The molecule has 1 atom stereocenters. The van der Waals surface area contributed by atoms with Crippen molar-refractivity contribution >= 4 is 22.9 Å². The summed E-state index contributed by atoms with van der Waals surface area (Å²) in [5.74, 6) is 0.0426. The number of carbonyl (C=O) groups excluding carboxylic acids is 1. The van der Waals surface area contributed by atoms with Gasteiger partial charge in [-0.05, 0) is 35.7 Å². The maximum absolute atomic E-state index is 12.9. The number of amides is 1. The summed E-state index contributed by atoms with van der Waals surface area (Å²) < 4.78 is 12.9. The van der Waals surface area contributed by atoms with Crippen LogP contribution in [0.3, 0.4) is 0 Å². The summed E-state index contributed by atoms with van der Waals surface area (Å²) >= 11 is 0. The average molecular weight is 297 g/mol. The summed E-state index contributed by atoms with van der Waals surface area (Å²) in [5, 5.41) is 2.76. The SMILES string of the molecule is CC(CC(=O)Nc1nc2ccccc2[nH]1)c1ccc(F)cc1. The highest BCUT2D eigenvalue weighted by Gasteiger charge is 2.13. The molecule has 0 saturated heterocycles. The van der Waals surface area contributed by atoms with E-state index in [4.69, 9.17) is 0 Å². The van der Waals surface area contributed by atoms with Crippen LogP contribution in [0.2, 0.25) is 0 Å². The van der Waals surface area contributed by atoms with Crippen LogP contribution >= 0.6 is 0 Å². The fraction of sp³-hybridized carbons (Fsp3) is 0.176. The maximum atomic E-state index is 12.9. The minimum atomic E-state index is -0.275. The van der Waals surface area contributed by atoms with Crippen LogP contribution in [0.15, 0.2) is 48.5 Å². The largest absolute Gasteiger partial charge is 0.324 e. The Bertz CT molecular complexity index is 762. The third-order valence-electron chi connectivity index (χ3n) is 3.58. The molecule has 22 heavy (non-hydrogen) atoms. The zero-order chi connectivity index (χ0) is 15.5. The Kier molecular flexibility index (Phi) is 3.87. The molecule has 2 N–H and O–H groups in total. The van der Waals surface area contributed by atoms with Gasteiger partial charge in [-0.3, -0.25) is 10.1 Å². The van der Waals surface area contributed by atoms with Gasteiger partial charge in [0.25, 0.3) is 0 Å². The molecule has 1 unspecified atom stereocenters. The van der Waals surface area contributed by atoms with Gasteiger partial charge in [-0.15, -0.1) is 0 Å². The van der Waals surface area contributed by atoms with Gasteiger partial charge in [0.2, 0.25) is 11.9 Å².